The predicted molar refractivity (Wildman–Crippen MR) is 149 cm³/mol. The molecular weight excluding hydrogens is 510 g/mol. The van der Waals surface area contributed by atoms with Crippen molar-refractivity contribution in [3.63, 3.8) is 0 Å². The van der Waals surface area contributed by atoms with Crippen molar-refractivity contribution in [2.24, 2.45) is 10.9 Å². The van der Waals surface area contributed by atoms with E-state index in [1.54, 1.807) is 54.5 Å². The molecule has 2 heterocycles. The number of fused-ring (bicyclic) bond motifs is 1. The summed E-state index contributed by atoms with van der Waals surface area (Å²) in [5.41, 5.74) is -2.60. The number of nitrogens with zero attached hydrogens (tertiary/aromatic N) is 2. The predicted octanol–water partition coefficient (Wildman–Crippen LogP) is 3.41. The van der Waals surface area contributed by atoms with Crippen LogP contribution < -0.4 is 24.3 Å². The van der Waals surface area contributed by atoms with Crippen molar-refractivity contribution >= 4 is 11.7 Å². The third kappa shape index (κ3) is 3.06. The van der Waals surface area contributed by atoms with Crippen molar-refractivity contribution in [3.05, 3.63) is 83.4 Å². The Morgan fingerprint density at radius 3 is 2.25 bits per heavy atom. The van der Waals surface area contributed by atoms with Gasteiger partial charge >= 0.3 is 0 Å². The van der Waals surface area contributed by atoms with Gasteiger partial charge in [0.2, 0.25) is 11.6 Å². The molecule has 0 saturated heterocycles. The Morgan fingerprint density at radius 2 is 1.65 bits per heavy atom. The van der Waals surface area contributed by atoms with E-state index in [2.05, 4.69) is 5.32 Å². The van der Waals surface area contributed by atoms with Crippen molar-refractivity contribution in [1.82, 2.24) is 10.2 Å². The molecule has 1 aliphatic carbocycles. The van der Waals surface area contributed by atoms with E-state index in [1.807, 2.05) is 54.6 Å². The van der Waals surface area contributed by atoms with Crippen LogP contribution in [-0.2, 0) is 15.9 Å². The number of carbonyl (C=O) groups excluding carboxylic acids is 1. The zero-order valence-electron chi connectivity index (χ0n) is 23.4. The van der Waals surface area contributed by atoms with Crippen LogP contribution in [0.4, 0.5) is 0 Å². The highest BCUT2D eigenvalue weighted by Crippen LogP contribution is 2.75. The normalized spacial score (nSPS) is 29.3. The molecule has 40 heavy (non-hydrogen) atoms. The van der Waals surface area contributed by atoms with Crippen LogP contribution in [0, 0.1) is 5.92 Å². The summed E-state index contributed by atoms with van der Waals surface area (Å²) in [5, 5.41) is 16.5. The quantitative estimate of drug-likeness (QED) is 0.491. The van der Waals surface area contributed by atoms with Gasteiger partial charge in [0.25, 0.3) is 0 Å². The first-order valence-corrected chi connectivity index (χ1v) is 13.1. The number of nitrogens with one attached hydrogen (secondary N) is 1. The summed E-state index contributed by atoms with van der Waals surface area (Å²) in [5.74, 6) is 0.652. The Bertz CT molecular complexity index is 1510. The van der Waals surface area contributed by atoms with Crippen LogP contribution in [0.5, 0.6) is 23.0 Å². The lowest BCUT2D eigenvalue weighted by atomic mass is 9.68. The average molecular weight is 544 g/mol. The van der Waals surface area contributed by atoms with E-state index in [0.29, 0.717) is 34.4 Å². The van der Waals surface area contributed by atoms with Gasteiger partial charge in [-0.2, -0.15) is 0 Å². The molecule has 0 bridgehead atoms. The van der Waals surface area contributed by atoms with Crippen molar-refractivity contribution in [2.75, 3.05) is 35.4 Å². The molecule has 6 rings (SSSR count). The second-order valence-corrected chi connectivity index (χ2v) is 10.7. The summed E-state index contributed by atoms with van der Waals surface area (Å²) in [7, 11) is 8.12. The number of amidine groups is 1. The summed E-state index contributed by atoms with van der Waals surface area (Å²) >= 11 is 0. The van der Waals surface area contributed by atoms with Crippen molar-refractivity contribution in [2.45, 2.75) is 29.7 Å². The van der Waals surface area contributed by atoms with Gasteiger partial charge in [-0.1, -0.05) is 42.5 Å². The minimum atomic E-state index is -1.95. The monoisotopic (exact) mass is 543 g/mol. The molecule has 0 aromatic heterocycles. The molecule has 2 aliphatic heterocycles. The van der Waals surface area contributed by atoms with Crippen LogP contribution in [0.25, 0.3) is 0 Å². The molecule has 1 spiro atoms. The van der Waals surface area contributed by atoms with Gasteiger partial charge in [-0.25, -0.2) is 4.99 Å². The van der Waals surface area contributed by atoms with Gasteiger partial charge in [-0.05, 0) is 30.2 Å². The van der Waals surface area contributed by atoms with Crippen LogP contribution in [0.2, 0.25) is 0 Å². The van der Waals surface area contributed by atoms with Crippen LogP contribution in [0.3, 0.4) is 0 Å². The highest BCUT2D eigenvalue weighted by Gasteiger charge is 2.86. The van der Waals surface area contributed by atoms with Gasteiger partial charge in [-0.3, -0.25) is 4.79 Å². The molecular formula is C31H33N3O6. The van der Waals surface area contributed by atoms with E-state index in [9.17, 15) is 9.90 Å². The number of benzene rings is 3. The van der Waals surface area contributed by atoms with Crippen LogP contribution in [-0.4, -0.2) is 62.9 Å². The maximum Gasteiger partial charge on any atom is 0.231 e. The van der Waals surface area contributed by atoms with E-state index >= 15 is 0 Å². The Morgan fingerprint density at radius 1 is 0.975 bits per heavy atom. The molecule has 1 fully saturated rings. The smallest absolute Gasteiger partial charge is 0.231 e. The van der Waals surface area contributed by atoms with Gasteiger partial charge in [0, 0.05) is 32.1 Å². The molecule has 3 aliphatic rings. The minimum absolute atomic E-state index is 0.268. The van der Waals surface area contributed by atoms with E-state index in [1.165, 1.54) is 4.90 Å². The number of carbonyl (C=O) groups is 1. The first-order chi connectivity index (χ1) is 19.2. The molecule has 0 radical (unpaired) electrons. The summed E-state index contributed by atoms with van der Waals surface area (Å²) in [6.07, 6.45) is 0. The van der Waals surface area contributed by atoms with Gasteiger partial charge in [-0.15, -0.1) is 0 Å². The number of rotatable bonds is 6. The maximum atomic E-state index is 14.2. The number of ether oxygens (including phenoxy) is 4. The number of aliphatic imine (C=N–C) groups is 1. The topological polar surface area (TPSA) is 102 Å². The third-order valence-electron chi connectivity index (χ3n) is 8.55. The standard InChI is InChI=1S/C31H33N3O6/c1-18-32-30-26-23(39-6)16-22(38-5)17-24(26)40-29(30,20-12-14-21(37-4)15-13-20)25(19-10-8-7-9-11-19)27(28(35)34(2)3)31(30,36)33-18/h7-17,25,27,36H,1-6H3,(H,32,33)/t25-,27+,29+,30-,31-/m1/s1. The summed E-state index contributed by atoms with van der Waals surface area (Å²) < 4.78 is 24.1. The highest BCUT2D eigenvalue weighted by atomic mass is 16.5. The fraction of sp³-hybridized carbons (Fsp3) is 0.355. The minimum Gasteiger partial charge on any atom is -0.497 e. The van der Waals surface area contributed by atoms with E-state index in [-0.39, 0.29) is 5.91 Å². The fourth-order valence-corrected chi connectivity index (χ4v) is 7.11. The number of hydrogen-bond acceptors (Lipinski definition) is 8. The lowest BCUT2D eigenvalue weighted by Crippen LogP contribution is -2.63. The second kappa shape index (κ2) is 8.89. The zero-order valence-corrected chi connectivity index (χ0v) is 23.4. The first kappa shape index (κ1) is 26.0. The largest absolute Gasteiger partial charge is 0.497 e. The van der Waals surface area contributed by atoms with E-state index in [0.717, 1.165) is 11.1 Å². The van der Waals surface area contributed by atoms with E-state index in [4.69, 9.17) is 23.9 Å². The zero-order chi connectivity index (χ0) is 28.4. The van der Waals surface area contributed by atoms with Crippen molar-refractivity contribution in [3.8, 4) is 23.0 Å². The number of methoxy groups -OCH3 is 3. The maximum absolute atomic E-state index is 14.2. The molecule has 3 aromatic rings. The highest BCUT2D eigenvalue weighted by molar-refractivity contribution is 5.91. The number of hydrogen-bond donors (Lipinski definition) is 2. The second-order valence-electron chi connectivity index (χ2n) is 10.7. The summed E-state index contributed by atoms with van der Waals surface area (Å²) in [4.78, 5) is 20.5. The molecule has 208 valence electrons. The Balaban J connectivity index is 1.79. The Kier molecular flexibility index (Phi) is 5.78. The molecule has 3 aromatic carbocycles. The Labute approximate surface area is 233 Å². The molecule has 2 N–H and O–H groups in total. The molecule has 1 amide bonds. The number of amides is 1. The fourth-order valence-electron chi connectivity index (χ4n) is 7.11. The van der Waals surface area contributed by atoms with E-state index < -0.39 is 28.7 Å². The van der Waals surface area contributed by atoms with Crippen LogP contribution in [0.1, 0.15) is 29.5 Å². The van der Waals surface area contributed by atoms with Gasteiger partial charge in [0.05, 0.1) is 32.7 Å². The SMILES string of the molecule is COc1ccc([C@@]23Oc4cc(OC)cc(OC)c4[C@@]24NC(C)=N[C@@]4(O)[C@H](C(=O)N(C)C)[C@H]3c2ccccc2)cc1. The van der Waals surface area contributed by atoms with Crippen molar-refractivity contribution < 1.29 is 28.8 Å². The molecule has 5 atom stereocenters. The molecule has 9 heteroatoms. The lowest BCUT2D eigenvalue weighted by Gasteiger charge is -2.44. The third-order valence-corrected chi connectivity index (χ3v) is 8.55. The van der Waals surface area contributed by atoms with Crippen molar-refractivity contribution in [1.29, 1.82) is 0 Å². The molecule has 9 nitrogen and oxygen atoms in total. The number of aliphatic hydroxyl groups is 1. The van der Waals surface area contributed by atoms with Gasteiger partial charge in [0.1, 0.15) is 28.9 Å². The summed E-state index contributed by atoms with van der Waals surface area (Å²) in [6, 6.07) is 20.8. The average Bonchev–Trinajstić information content (AvgIpc) is 3.47. The van der Waals surface area contributed by atoms with Gasteiger partial charge < -0.3 is 34.3 Å². The molecule has 0 unspecified atom stereocenters. The van der Waals surface area contributed by atoms with Crippen LogP contribution >= 0.6 is 0 Å². The molecule has 1 saturated carbocycles. The van der Waals surface area contributed by atoms with Gasteiger partial charge in [0.15, 0.2) is 11.1 Å². The van der Waals surface area contributed by atoms with Crippen LogP contribution in [0.15, 0.2) is 71.7 Å². The summed E-state index contributed by atoms with van der Waals surface area (Å²) in [6.45, 7) is 1.78. The lowest BCUT2D eigenvalue weighted by molar-refractivity contribution is -0.144. The Hall–Kier alpha value is -4.24. The first-order valence-electron chi connectivity index (χ1n) is 13.1.